The summed E-state index contributed by atoms with van der Waals surface area (Å²) in [5, 5.41) is 11.2. The molecule has 0 atom stereocenters. The number of H-pyrrole nitrogens is 1. The number of carbonyl (C=O) groups is 2. The largest absolute Gasteiger partial charge is 0.354 e. The van der Waals surface area contributed by atoms with Crippen molar-refractivity contribution >= 4 is 11.8 Å². The normalized spacial score (nSPS) is 10.2. The Morgan fingerprint density at radius 2 is 1.75 bits per heavy atom. The van der Waals surface area contributed by atoms with Gasteiger partial charge in [-0.05, 0) is 25.0 Å². The van der Waals surface area contributed by atoms with Crippen LogP contribution in [0, 0.1) is 6.92 Å². The van der Waals surface area contributed by atoms with Gasteiger partial charge in [0.05, 0.1) is 0 Å². The van der Waals surface area contributed by atoms with E-state index in [0.29, 0.717) is 19.4 Å². The molecule has 0 saturated heterocycles. The molecular weight excluding hydrogens is 308 g/mol. The second-order valence-electron chi connectivity index (χ2n) is 5.40. The molecule has 0 radical (unpaired) electrons. The second-order valence-corrected chi connectivity index (χ2v) is 5.40. The van der Waals surface area contributed by atoms with Gasteiger partial charge in [0, 0.05) is 25.6 Å². The molecule has 0 unspecified atom stereocenters. The van der Waals surface area contributed by atoms with Crippen LogP contribution in [0.2, 0.25) is 0 Å². The Bertz CT molecular complexity index is 733. The Morgan fingerprint density at radius 1 is 1.04 bits per heavy atom. The third-order valence-corrected chi connectivity index (χ3v) is 3.41. The van der Waals surface area contributed by atoms with Crippen LogP contribution in [0.5, 0.6) is 0 Å². The fourth-order valence-corrected chi connectivity index (χ4v) is 2.04. The maximum Gasteiger partial charge on any atom is 0.271 e. The van der Waals surface area contributed by atoms with Gasteiger partial charge in [0.2, 0.25) is 5.91 Å². The zero-order valence-electron chi connectivity index (χ0n) is 13.5. The molecule has 2 aromatic rings. The van der Waals surface area contributed by atoms with Crippen molar-refractivity contribution in [1.29, 1.82) is 0 Å². The Labute approximate surface area is 139 Å². The van der Waals surface area contributed by atoms with Gasteiger partial charge in [-0.2, -0.15) is 5.10 Å². The summed E-state index contributed by atoms with van der Waals surface area (Å²) < 4.78 is 0. The quantitative estimate of drug-likeness (QED) is 0.646. The van der Waals surface area contributed by atoms with Gasteiger partial charge < -0.3 is 10.6 Å². The van der Waals surface area contributed by atoms with E-state index in [4.69, 9.17) is 0 Å². The second kappa shape index (κ2) is 8.61. The average molecular weight is 328 g/mol. The van der Waals surface area contributed by atoms with Crippen LogP contribution >= 0.6 is 0 Å². The van der Waals surface area contributed by atoms with Crippen LogP contribution in [0.1, 0.15) is 28.0 Å². The number of nitrogens with zero attached hydrogens (tertiary/aromatic N) is 1. The molecule has 2 rings (SSSR count). The minimum atomic E-state index is -0.403. The van der Waals surface area contributed by atoms with E-state index in [2.05, 4.69) is 20.8 Å². The van der Waals surface area contributed by atoms with Gasteiger partial charge in [0.15, 0.2) is 0 Å². The topological polar surface area (TPSA) is 104 Å². The Morgan fingerprint density at radius 3 is 2.42 bits per heavy atom. The Kier molecular flexibility index (Phi) is 6.24. The minimum absolute atomic E-state index is 0.0630. The van der Waals surface area contributed by atoms with Gasteiger partial charge >= 0.3 is 0 Å². The van der Waals surface area contributed by atoms with Gasteiger partial charge in [0.25, 0.3) is 11.5 Å². The smallest absolute Gasteiger partial charge is 0.271 e. The third-order valence-electron chi connectivity index (χ3n) is 3.41. The fraction of sp³-hybridized carbons (Fsp3) is 0.294. The zero-order chi connectivity index (χ0) is 17.4. The molecule has 7 nitrogen and oxygen atoms in total. The highest BCUT2D eigenvalue weighted by Gasteiger charge is 2.07. The summed E-state index contributed by atoms with van der Waals surface area (Å²) in [7, 11) is 0. The maximum absolute atomic E-state index is 11.8. The number of rotatable bonds is 7. The van der Waals surface area contributed by atoms with Crippen molar-refractivity contribution < 1.29 is 9.59 Å². The molecule has 2 amide bonds. The van der Waals surface area contributed by atoms with Gasteiger partial charge in [-0.15, -0.1) is 0 Å². The molecule has 1 heterocycles. The van der Waals surface area contributed by atoms with E-state index in [9.17, 15) is 14.4 Å². The molecule has 1 aromatic heterocycles. The highest BCUT2D eigenvalue weighted by molar-refractivity contribution is 5.91. The zero-order valence-corrected chi connectivity index (χ0v) is 13.5. The van der Waals surface area contributed by atoms with Crippen molar-refractivity contribution in [2.24, 2.45) is 0 Å². The van der Waals surface area contributed by atoms with Crippen molar-refractivity contribution in [2.75, 3.05) is 13.1 Å². The SMILES string of the molecule is Cc1ccc(CCC(=O)NCCNC(=O)c2ccc(=O)[nH]n2)cc1. The highest BCUT2D eigenvalue weighted by Crippen LogP contribution is 2.05. The van der Waals surface area contributed by atoms with Crippen molar-refractivity contribution in [1.82, 2.24) is 20.8 Å². The van der Waals surface area contributed by atoms with Gasteiger partial charge in [-0.1, -0.05) is 29.8 Å². The number of nitrogens with one attached hydrogen (secondary N) is 3. The summed E-state index contributed by atoms with van der Waals surface area (Å²) in [5.41, 5.74) is 2.07. The lowest BCUT2D eigenvalue weighted by Crippen LogP contribution is -2.35. The van der Waals surface area contributed by atoms with Crippen LogP contribution in [0.3, 0.4) is 0 Å². The van der Waals surface area contributed by atoms with E-state index < -0.39 is 5.91 Å². The lowest BCUT2D eigenvalue weighted by atomic mass is 10.1. The minimum Gasteiger partial charge on any atom is -0.354 e. The predicted octanol–water partition coefficient (Wildman–Crippen LogP) is 0.557. The average Bonchev–Trinajstić information content (AvgIpc) is 2.58. The van der Waals surface area contributed by atoms with Crippen LogP contribution in [0.4, 0.5) is 0 Å². The molecule has 1 aromatic carbocycles. The van der Waals surface area contributed by atoms with Crippen LogP contribution in [-0.2, 0) is 11.2 Å². The highest BCUT2D eigenvalue weighted by atomic mass is 16.2. The summed E-state index contributed by atoms with van der Waals surface area (Å²) in [4.78, 5) is 34.4. The molecule has 0 aliphatic carbocycles. The maximum atomic E-state index is 11.8. The molecule has 24 heavy (non-hydrogen) atoms. The van der Waals surface area contributed by atoms with Crippen molar-refractivity contribution in [3.05, 3.63) is 63.6 Å². The molecule has 0 spiro atoms. The summed E-state index contributed by atoms with van der Waals surface area (Å²) in [6.45, 7) is 2.64. The van der Waals surface area contributed by atoms with E-state index >= 15 is 0 Å². The molecule has 0 aliphatic rings. The van der Waals surface area contributed by atoms with E-state index in [0.717, 1.165) is 5.56 Å². The summed E-state index contributed by atoms with van der Waals surface area (Å²) in [6.07, 6.45) is 1.08. The van der Waals surface area contributed by atoms with Crippen LogP contribution in [0.15, 0.2) is 41.2 Å². The number of hydrogen-bond acceptors (Lipinski definition) is 4. The van der Waals surface area contributed by atoms with Crippen molar-refractivity contribution in [2.45, 2.75) is 19.8 Å². The number of carbonyl (C=O) groups excluding carboxylic acids is 2. The molecule has 0 bridgehead atoms. The van der Waals surface area contributed by atoms with Crippen LogP contribution in [-0.4, -0.2) is 35.1 Å². The van der Waals surface area contributed by atoms with Gasteiger partial charge in [0.1, 0.15) is 5.69 Å². The van der Waals surface area contributed by atoms with Crippen LogP contribution < -0.4 is 16.2 Å². The lowest BCUT2D eigenvalue weighted by molar-refractivity contribution is -0.121. The van der Waals surface area contributed by atoms with E-state index in [1.54, 1.807) is 0 Å². The molecule has 0 aliphatic heterocycles. The Hall–Kier alpha value is -2.96. The summed E-state index contributed by atoms with van der Waals surface area (Å²) >= 11 is 0. The third kappa shape index (κ3) is 5.68. The lowest BCUT2D eigenvalue weighted by Gasteiger charge is -2.07. The molecule has 0 saturated carbocycles. The van der Waals surface area contributed by atoms with E-state index in [1.807, 2.05) is 31.2 Å². The number of amides is 2. The first-order chi connectivity index (χ1) is 11.5. The first-order valence-corrected chi connectivity index (χ1v) is 7.71. The first-order valence-electron chi connectivity index (χ1n) is 7.71. The van der Waals surface area contributed by atoms with Gasteiger partial charge in [-0.25, -0.2) is 5.10 Å². The number of aromatic amines is 1. The molecule has 3 N–H and O–H groups in total. The molecular formula is C17H20N4O3. The number of aryl methyl sites for hydroxylation is 2. The van der Waals surface area contributed by atoms with E-state index in [-0.39, 0.29) is 23.7 Å². The number of hydrogen-bond donors (Lipinski definition) is 3. The predicted molar refractivity (Wildman–Crippen MR) is 89.7 cm³/mol. The van der Waals surface area contributed by atoms with Crippen molar-refractivity contribution in [3.8, 4) is 0 Å². The van der Waals surface area contributed by atoms with Crippen molar-refractivity contribution in [3.63, 3.8) is 0 Å². The summed E-state index contributed by atoms with van der Waals surface area (Å²) in [5.74, 6) is -0.466. The summed E-state index contributed by atoms with van der Waals surface area (Å²) in [6, 6.07) is 10.6. The molecule has 126 valence electrons. The first kappa shape index (κ1) is 17.4. The van der Waals surface area contributed by atoms with Gasteiger partial charge in [-0.3, -0.25) is 14.4 Å². The van der Waals surface area contributed by atoms with E-state index in [1.165, 1.54) is 17.7 Å². The standard InChI is InChI=1S/C17H20N4O3/c1-12-2-4-13(5-3-12)6-8-15(22)18-10-11-19-17(24)14-7-9-16(23)21-20-14/h2-5,7,9H,6,8,10-11H2,1H3,(H,18,22)(H,19,24)(H,21,23). The molecule has 7 heteroatoms. The van der Waals surface area contributed by atoms with Crippen LogP contribution in [0.25, 0.3) is 0 Å². The fourth-order valence-electron chi connectivity index (χ4n) is 2.04. The number of aromatic nitrogens is 2. The molecule has 0 fully saturated rings. The monoisotopic (exact) mass is 328 g/mol. The number of benzene rings is 1. The Balaban J connectivity index is 1.63.